The molecular formula is C14H20N2O2. The van der Waals surface area contributed by atoms with Crippen molar-refractivity contribution in [3.05, 3.63) is 35.9 Å². The van der Waals surface area contributed by atoms with Crippen LogP contribution in [-0.4, -0.2) is 24.7 Å². The molecule has 0 aliphatic carbocycles. The monoisotopic (exact) mass is 248 g/mol. The van der Waals surface area contributed by atoms with E-state index >= 15 is 0 Å². The van der Waals surface area contributed by atoms with Gasteiger partial charge in [0, 0.05) is 13.2 Å². The molecule has 18 heavy (non-hydrogen) atoms. The topological polar surface area (TPSA) is 64.4 Å². The van der Waals surface area contributed by atoms with Gasteiger partial charge in [0.2, 0.25) is 5.91 Å². The third-order valence-corrected chi connectivity index (χ3v) is 3.38. The molecule has 1 unspecified atom stereocenters. The fourth-order valence-electron chi connectivity index (χ4n) is 2.17. The van der Waals surface area contributed by atoms with Gasteiger partial charge in [-0.3, -0.25) is 4.79 Å². The van der Waals surface area contributed by atoms with Crippen molar-refractivity contribution in [1.29, 1.82) is 0 Å². The molecule has 1 aromatic rings. The fourth-order valence-corrected chi connectivity index (χ4v) is 2.17. The molecule has 4 nitrogen and oxygen atoms in total. The summed E-state index contributed by atoms with van der Waals surface area (Å²) < 4.78 is 5.62. The second-order valence-corrected chi connectivity index (χ2v) is 5.01. The number of ether oxygens (including phenoxy) is 1. The van der Waals surface area contributed by atoms with Gasteiger partial charge < -0.3 is 15.8 Å². The summed E-state index contributed by atoms with van der Waals surface area (Å²) in [5.74, 6) is -0.155. The van der Waals surface area contributed by atoms with E-state index < -0.39 is 6.04 Å². The Kier molecular flexibility index (Phi) is 3.99. The summed E-state index contributed by atoms with van der Waals surface area (Å²) >= 11 is 0. The van der Waals surface area contributed by atoms with Gasteiger partial charge in [0.05, 0.1) is 5.60 Å². The molecule has 0 radical (unpaired) electrons. The van der Waals surface area contributed by atoms with Crippen LogP contribution in [0.15, 0.2) is 30.3 Å². The molecule has 1 amide bonds. The second kappa shape index (κ2) is 5.50. The van der Waals surface area contributed by atoms with Gasteiger partial charge >= 0.3 is 0 Å². The van der Waals surface area contributed by atoms with Crippen molar-refractivity contribution < 1.29 is 9.53 Å². The third-order valence-electron chi connectivity index (χ3n) is 3.38. The molecule has 98 valence electrons. The van der Waals surface area contributed by atoms with E-state index in [0.717, 1.165) is 25.0 Å². The smallest absolute Gasteiger partial charge is 0.241 e. The zero-order chi connectivity index (χ0) is 13.0. The Morgan fingerprint density at radius 2 is 2.22 bits per heavy atom. The van der Waals surface area contributed by atoms with Crippen LogP contribution in [0.2, 0.25) is 0 Å². The summed E-state index contributed by atoms with van der Waals surface area (Å²) in [6, 6.07) is 8.77. The Morgan fingerprint density at radius 1 is 1.50 bits per heavy atom. The van der Waals surface area contributed by atoms with E-state index in [-0.39, 0.29) is 11.5 Å². The van der Waals surface area contributed by atoms with Gasteiger partial charge in [0.1, 0.15) is 6.04 Å². The van der Waals surface area contributed by atoms with Crippen LogP contribution < -0.4 is 11.1 Å². The van der Waals surface area contributed by atoms with Gasteiger partial charge in [0.15, 0.2) is 0 Å². The Hall–Kier alpha value is -1.39. The number of hydrogen-bond donors (Lipinski definition) is 2. The minimum absolute atomic E-state index is 0.155. The highest BCUT2D eigenvalue weighted by Gasteiger charge is 2.30. The number of amides is 1. The largest absolute Gasteiger partial charge is 0.373 e. The van der Waals surface area contributed by atoms with E-state index in [0.29, 0.717) is 6.54 Å². The predicted molar refractivity (Wildman–Crippen MR) is 70.0 cm³/mol. The fraction of sp³-hybridized carbons (Fsp3) is 0.500. The van der Waals surface area contributed by atoms with Crippen LogP contribution in [0.4, 0.5) is 0 Å². The molecular weight excluding hydrogens is 228 g/mol. The number of rotatable bonds is 4. The van der Waals surface area contributed by atoms with Crippen LogP contribution >= 0.6 is 0 Å². The normalized spacial score (nSPS) is 24.8. The van der Waals surface area contributed by atoms with Gasteiger partial charge in [-0.05, 0) is 25.3 Å². The number of carbonyl (C=O) groups excluding carboxylic acids is 1. The van der Waals surface area contributed by atoms with Crippen LogP contribution in [0.25, 0.3) is 0 Å². The second-order valence-electron chi connectivity index (χ2n) is 5.01. The van der Waals surface area contributed by atoms with Crippen LogP contribution in [0, 0.1) is 0 Å². The third kappa shape index (κ3) is 3.09. The highest BCUT2D eigenvalue weighted by molar-refractivity contribution is 5.82. The Balaban J connectivity index is 1.88. The summed E-state index contributed by atoms with van der Waals surface area (Å²) in [6.07, 6.45) is 2.03. The summed E-state index contributed by atoms with van der Waals surface area (Å²) in [7, 11) is 0. The van der Waals surface area contributed by atoms with E-state index in [2.05, 4.69) is 5.32 Å². The molecule has 2 rings (SSSR count). The van der Waals surface area contributed by atoms with Crippen LogP contribution in [0.5, 0.6) is 0 Å². The first-order valence-electron chi connectivity index (χ1n) is 6.33. The van der Waals surface area contributed by atoms with Crippen LogP contribution in [0.1, 0.15) is 31.4 Å². The minimum atomic E-state index is -0.615. The lowest BCUT2D eigenvalue weighted by Crippen LogP contribution is -2.43. The average molecular weight is 248 g/mol. The summed E-state index contributed by atoms with van der Waals surface area (Å²) in [6.45, 7) is 3.32. The molecule has 0 aromatic heterocycles. The highest BCUT2D eigenvalue weighted by atomic mass is 16.5. The van der Waals surface area contributed by atoms with Crippen molar-refractivity contribution in [2.45, 2.75) is 31.4 Å². The Bertz CT molecular complexity index is 400. The predicted octanol–water partition coefficient (Wildman–Crippen LogP) is 1.37. The first-order chi connectivity index (χ1) is 8.61. The maximum Gasteiger partial charge on any atom is 0.241 e. The van der Waals surface area contributed by atoms with Crippen LogP contribution in [-0.2, 0) is 9.53 Å². The summed E-state index contributed by atoms with van der Waals surface area (Å²) in [5, 5.41) is 2.87. The van der Waals surface area contributed by atoms with Crippen LogP contribution in [0.3, 0.4) is 0 Å². The number of hydrogen-bond acceptors (Lipinski definition) is 3. The molecule has 2 atom stereocenters. The first kappa shape index (κ1) is 13.1. The van der Waals surface area contributed by atoms with Gasteiger partial charge in [-0.2, -0.15) is 0 Å². The van der Waals surface area contributed by atoms with Crippen molar-refractivity contribution in [3.63, 3.8) is 0 Å². The number of nitrogens with one attached hydrogen (secondary N) is 1. The van der Waals surface area contributed by atoms with Crippen molar-refractivity contribution in [3.8, 4) is 0 Å². The SMILES string of the molecule is CC1(CNC(=O)[C@H](N)c2ccccc2)CCCO1. The molecule has 1 saturated heterocycles. The lowest BCUT2D eigenvalue weighted by Gasteiger charge is -2.24. The molecule has 1 fully saturated rings. The van der Waals surface area contributed by atoms with Crippen molar-refractivity contribution in [2.75, 3.05) is 13.2 Å². The molecule has 0 bridgehead atoms. The minimum Gasteiger partial charge on any atom is -0.373 e. The maximum absolute atomic E-state index is 12.0. The molecule has 0 spiro atoms. The lowest BCUT2D eigenvalue weighted by atomic mass is 10.0. The molecule has 0 saturated carbocycles. The number of benzene rings is 1. The molecule has 1 heterocycles. The molecule has 1 aliphatic rings. The summed E-state index contributed by atoms with van der Waals surface area (Å²) in [5.41, 5.74) is 6.51. The Morgan fingerprint density at radius 3 is 2.83 bits per heavy atom. The quantitative estimate of drug-likeness (QED) is 0.846. The molecule has 4 heteroatoms. The van der Waals surface area contributed by atoms with E-state index in [1.165, 1.54) is 0 Å². The van der Waals surface area contributed by atoms with E-state index in [4.69, 9.17) is 10.5 Å². The highest BCUT2D eigenvalue weighted by Crippen LogP contribution is 2.24. The van der Waals surface area contributed by atoms with E-state index in [9.17, 15) is 4.79 Å². The van der Waals surface area contributed by atoms with Gasteiger partial charge in [-0.15, -0.1) is 0 Å². The zero-order valence-electron chi connectivity index (χ0n) is 10.7. The average Bonchev–Trinajstić information content (AvgIpc) is 2.83. The van der Waals surface area contributed by atoms with Crippen molar-refractivity contribution in [1.82, 2.24) is 5.32 Å². The van der Waals surface area contributed by atoms with Crippen molar-refractivity contribution in [2.24, 2.45) is 5.73 Å². The van der Waals surface area contributed by atoms with Gasteiger partial charge in [-0.25, -0.2) is 0 Å². The van der Waals surface area contributed by atoms with Gasteiger partial charge in [-0.1, -0.05) is 30.3 Å². The molecule has 3 N–H and O–H groups in total. The number of nitrogens with two attached hydrogens (primary N) is 1. The van der Waals surface area contributed by atoms with E-state index in [1.54, 1.807) is 0 Å². The number of carbonyl (C=O) groups is 1. The summed E-state index contributed by atoms with van der Waals surface area (Å²) in [4.78, 5) is 12.0. The van der Waals surface area contributed by atoms with Gasteiger partial charge in [0.25, 0.3) is 0 Å². The first-order valence-corrected chi connectivity index (χ1v) is 6.33. The maximum atomic E-state index is 12.0. The van der Waals surface area contributed by atoms with E-state index in [1.807, 2.05) is 37.3 Å². The molecule has 1 aliphatic heterocycles. The zero-order valence-corrected chi connectivity index (χ0v) is 10.7. The molecule has 1 aromatic carbocycles. The Labute approximate surface area is 108 Å². The standard InChI is InChI=1S/C14H20N2O2/c1-14(8-5-9-18-14)10-16-13(17)12(15)11-6-3-2-4-7-11/h2-4,6-7,12H,5,8-10,15H2,1H3,(H,16,17)/t12-,14?/m1/s1. The lowest BCUT2D eigenvalue weighted by molar-refractivity contribution is -0.123. The van der Waals surface area contributed by atoms with Crippen molar-refractivity contribution >= 4 is 5.91 Å².